The monoisotopic (exact) mass is 393 g/mol. The molecule has 0 unspecified atom stereocenters. The van der Waals surface area contributed by atoms with Gasteiger partial charge in [-0.3, -0.25) is 4.79 Å². The zero-order valence-electron chi connectivity index (χ0n) is 15.2. The zero-order valence-corrected chi connectivity index (χ0v) is 15.9. The van der Waals surface area contributed by atoms with Crippen molar-refractivity contribution in [1.82, 2.24) is 19.9 Å². The predicted molar refractivity (Wildman–Crippen MR) is 108 cm³/mol. The van der Waals surface area contributed by atoms with E-state index >= 15 is 0 Å². The predicted octanol–water partition coefficient (Wildman–Crippen LogP) is 4.24. The average Bonchev–Trinajstić information content (AvgIpc) is 3.12. The van der Waals surface area contributed by atoms with Crippen molar-refractivity contribution in [3.8, 4) is 17.3 Å². The van der Waals surface area contributed by atoms with Crippen molar-refractivity contribution < 1.29 is 9.53 Å². The van der Waals surface area contributed by atoms with Gasteiger partial charge < -0.3 is 15.0 Å². The number of imidazole rings is 1. The topological polar surface area (TPSA) is 92.8 Å². The summed E-state index contributed by atoms with van der Waals surface area (Å²) in [6, 6.07) is 10.4. The molecule has 0 fully saturated rings. The number of carbonyl (C=O) groups excluding carboxylic acids is 1. The Morgan fingerprint density at radius 2 is 2.04 bits per heavy atom. The van der Waals surface area contributed by atoms with E-state index in [4.69, 9.17) is 16.3 Å². The molecular weight excluding hydrogens is 378 g/mol. The molecule has 3 aromatic heterocycles. The van der Waals surface area contributed by atoms with Gasteiger partial charge in [-0.25, -0.2) is 15.0 Å². The summed E-state index contributed by atoms with van der Waals surface area (Å²) in [5.74, 6) is 0.671. The molecule has 7 nitrogen and oxygen atoms in total. The smallest absolute Gasteiger partial charge is 0.255 e. The van der Waals surface area contributed by atoms with E-state index in [1.165, 1.54) is 13.3 Å². The van der Waals surface area contributed by atoms with Crippen LogP contribution in [0.1, 0.15) is 15.9 Å². The number of methoxy groups -OCH3 is 1. The van der Waals surface area contributed by atoms with E-state index in [9.17, 15) is 4.79 Å². The molecule has 0 spiro atoms. The lowest BCUT2D eigenvalue weighted by molar-refractivity contribution is 0.102. The van der Waals surface area contributed by atoms with Crippen LogP contribution >= 0.6 is 11.6 Å². The van der Waals surface area contributed by atoms with Crippen molar-refractivity contribution in [2.45, 2.75) is 6.92 Å². The van der Waals surface area contributed by atoms with Crippen LogP contribution in [0.3, 0.4) is 0 Å². The van der Waals surface area contributed by atoms with E-state index in [-0.39, 0.29) is 5.91 Å². The van der Waals surface area contributed by atoms with Gasteiger partial charge in [-0.05, 0) is 42.8 Å². The Hall–Kier alpha value is -3.45. The van der Waals surface area contributed by atoms with E-state index in [1.54, 1.807) is 36.5 Å². The largest absolute Gasteiger partial charge is 0.481 e. The fraction of sp³-hybridized carbons (Fsp3) is 0.100. The number of H-pyrrole nitrogens is 1. The minimum atomic E-state index is -0.282. The summed E-state index contributed by atoms with van der Waals surface area (Å²) in [5, 5.41) is 3.36. The molecule has 140 valence electrons. The lowest BCUT2D eigenvalue weighted by Crippen LogP contribution is -2.12. The van der Waals surface area contributed by atoms with Gasteiger partial charge in [0, 0.05) is 35.3 Å². The molecule has 0 aliphatic carbocycles. The summed E-state index contributed by atoms with van der Waals surface area (Å²) < 4.78 is 5.06. The Kier molecular flexibility index (Phi) is 4.67. The maximum atomic E-state index is 12.5. The quantitative estimate of drug-likeness (QED) is 0.541. The Morgan fingerprint density at radius 3 is 2.86 bits per heavy atom. The van der Waals surface area contributed by atoms with E-state index in [2.05, 4.69) is 25.3 Å². The SMILES string of the molecule is COc1cc(C(=O)Nc2ccc(Cl)c(-c3nc4ncc(C)cc4[nH]3)c2)ccn1. The molecule has 0 atom stereocenters. The van der Waals surface area contributed by atoms with Gasteiger partial charge >= 0.3 is 0 Å². The first-order valence-electron chi connectivity index (χ1n) is 8.47. The van der Waals surface area contributed by atoms with Crippen LogP contribution < -0.4 is 10.1 Å². The number of nitrogens with one attached hydrogen (secondary N) is 2. The Labute approximate surface area is 165 Å². The highest BCUT2D eigenvalue weighted by Gasteiger charge is 2.13. The molecule has 8 heteroatoms. The molecular formula is C20H16ClN5O2. The minimum absolute atomic E-state index is 0.282. The summed E-state index contributed by atoms with van der Waals surface area (Å²) in [4.78, 5) is 28.6. The molecule has 0 saturated heterocycles. The Bertz CT molecular complexity index is 1190. The lowest BCUT2D eigenvalue weighted by atomic mass is 10.1. The Balaban J connectivity index is 1.65. The summed E-state index contributed by atoms with van der Waals surface area (Å²) in [7, 11) is 1.50. The highest BCUT2D eigenvalue weighted by Crippen LogP contribution is 2.30. The van der Waals surface area contributed by atoms with E-state index in [0.29, 0.717) is 39.2 Å². The number of anilines is 1. The molecule has 2 N–H and O–H groups in total. The number of aryl methyl sites for hydroxylation is 1. The fourth-order valence-electron chi connectivity index (χ4n) is 2.78. The number of benzene rings is 1. The summed E-state index contributed by atoms with van der Waals surface area (Å²) in [5.41, 5.74) is 4.15. The van der Waals surface area contributed by atoms with Crippen LogP contribution in [0.4, 0.5) is 5.69 Å². The van der Waals surface area contributed by atoms with Crippen LogP contribution in [0.5, 0.6) is 5.88 Å². The van der Waals surface area contributed by atoms with Crippen molar-refractivity contribution in [3.05, 3.63) is 64.9 Å². The number of rotatable bonds is 4. The van der Waals surface area contributed by atoms with E-state index in [0.717, 1.165) is 11.1 Å². The summed E-state index contributed by atoms with van der Waals surface area (Å²) >= 11 is 6.36. The van der Waals surface area contributed by atoms with Crippen LogP contribution in [0, 0.1) is 6.92 Å². The third-order valence-electron chi connectivity index (χ3n) is 4.16. The van der Waals surface area contributed by atoms with Gasteiger partial charge in [-0.15, -0.1) is 0 Å². The van der Waals surface area contributed by atoms with Gasteiger partial charge in [0.1, 0.15) is 5.82 Å². The van der Waals surface area contributed by atoms with Crippen molar-refractivity contribution in [2.75, 3.05) is 12.4 Å². The number of carbonyl (C=O) groups is 1. The first-order chi connectivity index (χ1) is 13.5. The molecule has 1 aromatic carbocycles. The number of fused-ring (bicyclic) bond motifs is 1. The number of pyridine rings is 2. The standard InChI is InChI=1S/C20H16ClN5O2/c1-11-7-16-19(23-10-11)26-18(25-16)14-9-13(3-4-15(14)21)24-20(27)12-5-6-22-17(8-12)28-2/h3-10H,1-2H3,(H,24,27)(H,23,25,26). The highest BCUT2D eigenvalue weighted by molar-refractivity contribution is 6.33. The molecule has 3 heterocycles. The van der Waals surface area contributed by atoms with Gasteiger partial charge in [-0.1, -0.05) is 11.6 Å². The van der Waals surface area contributed by atoms with Gasteiger partial charge in [-0.2, -0.15) is 0 Å². The van der Waals surface area contributed by atoms with E-state index in [1.807, 2.05) is 13.0 Å². The van der Waals surface area contributed by atoms with Crippen LogP contribution in [0.15, 0.2) is 48.8 Å². The number of halogens is 1. The van der Waals surface area contributed by atoms with Crippen LogP contribution in [-0.2, 0) is 0 Å². The van der Waals surface area contributed by atoms with Crippen molar-refractivity contribution in [2.24, 2.45) is 0 Å². The zero-order chi connectivity index (χ0) is 19.7. The van der Waals surface area contributed by atoms with Gasteiger partial charge in [0.05, 0.1) is 17.6 Å². The third kappa shape index (κ3) is 3.52. The highest BCUT2D eigenvalue weighted by atomic mass is 35.5. The second-order valence-corrected chi connectivity index (χ2v) is 6.61. The van der Waals surface area contributed by atoms with Crippen molar-refractivity contribution in [3.63, 3.8) is 0 Å². The van der Waals surface area contributed by atoms with E-state index < -0.39 is 0 Å². The van der Waals surface area contributed by atoms with Gasteiger partial charge in [0.2, 0.25) is 5.88 Å². The lowest BCUT2D eigenvalue weighted by Gasteiger charge is -2.08. The molecule has 0 radical (unpaired) electrons. The first kappa shape index (κ1) is 17.9. The number of hydrogen-bond acceptors (Lipinski definition) is 5. The van der Waals surface area contributed by atoms with Crippen LogP contribution in [-0.4, -0.2) is 33.0 Å². The summed E-state index contributed by atoms with van der Waals surface area (Å²) in [6.45, 7) is 1.96. The average molecular weight is 394 g/mol. The maximum absolute atomic E-state index is 12.5. The molecule has 0 aliphatic heterocycles. The number of aromatic amines is 1. The number of amides is 1. The first-order valence-corrected chi connectivity index (χ1v) is 8.85. The van der Waals surface area contributed by atoms with Gasteiger partial charge in [0.25, 0.3) is 5.91 Å². The van der Waals surface area contributed by atoms with Gasteiger partial charge in [0.15, 0.2) is 5.65 Å². The molecule has 4 aromatic rings. The number of nitrogens with zero attached hydrogens (tertiary/aromatic N) is 3. The molecule has 1 amide bonds. The number of aromatic nitrogens is 4. The van der Waals surface area contributed by atoms with Crippen LogP contribution in [0.2, 0.25) is 5.02 Å². The molecule has 4 rings (SSSR count). The number of hydrogen-bond donors (Lipinski definition) is 2. The summed E-state index contributed by atoms with van der Waals surface area (Å²) in [6.07, 6.45) is 3.28. The van der Waals surface area contributed by atoms with Crippen molar-refractivity contribution in [1.29, 1.82) is 0 Å². The molecule has 0 saturated carbocycles. The Morgan fingerprint density at radius 1 is 1.18 bits per heavy atom. The van der Waals surface area contributed by atoms with Crippen molar-refractivity contribution >= 4 is 34.4 Å². The molecule has 28 heavy (non-hydrogen) atoms. The normalized spacial score (nSPS) is 10.8. The minimum Gasteiger partial charge on any atom is -0.481 e. The molecule has 0 aliphatic rings. The second-order valence-electron chi connectivity index (χ2n) is 6.20. The maximum Gasteiger partial charge on any atom is 0.255 e. The molecule has 0 bridgehead atoms. The number of ether oxygens (including phenoxy) is 1. The fourth-order valence-corrected chi connectivity index (χ4v) is 2.99. The van der Waals surface area contributed by atoms with Crippen LogP contribution in [0.25, 0.3) is 22.6 Å². The third-order valence-corrected chi connectivity index (χ3v) is 4.49. The second kappa shape index (κ2) is 7.28.